The van der Waals surface area contributed by atoms with E-state index < -0.39 is 11.7 Å². The fourth-order valence-corrected chi connectivity index (χ4v) is 7.88. The van der Waals surface area contributed by atoms with E-state index in [1.165, 1.54) is 17.7 Å². The lowest BCUT2D eigenvalue weighted by molar-refractivity contribution is -0.137. The molecule has 0 saturated heterocycles. The van der Waals surface area contributed by atoms with Crippen molar-refractivity contribution >= 4 is 45.2 Å². The number of nitrogens with zero attached hydrogens (tertiary/aromatic N) is 3. The molecule has 1 N–H and O–H groups in total. The molecule has 0 aliphatic carbocycles. The van der Waals surface area contributed by atoms with E-state index in [1.807, 2.05) is 79.0 Å². The zero-order valence-electron chi connectivity index (χ0n) is 36.2. The molecule has 340 valence electrons. The Morgan fingerprint density at radius 3 is 2.11 bits per heavy atom. The number of carbonyl (C=O) groups excluding carboxylic acids is 2. The van der Waals surface area contributed by atoms with Gasteiger partial charge in [-0.3, -0.25) is 18.8 Å². The molecular formula is C51H52ClF3N4O6. The van der Waals surface area contributed by atoms with Gasteiger partial charge in [-0.1, -0.05) is 55.3 Å². The number of aromatic nitrogens is 3. The topological polar surface area (TPSA) is 106 Å². The zero-order chi connectivity index (χ0) is 45.6. The summed E-state index contributed by atoms with van der Waals surface area (Å²) in [5.41, 5.74) is 3.77. The molecule has 0 spiro atoms. The lowest BCUT2D eigenvalue weighted by atomic mass is 9.89. The molecule has 7 aromatic rings. The van der Waals surface area contributed by atoms with E-state index in [4.69, 9.17) is 30.5 Å². The van der Waals surface area contributed by atoms with Crippen molar-refractivity contribution < 1.29 is 41.7 Å². The van der Waals surface area contributed by atoms with Gasteiger partial charge in [-0.15, -0.1) is 11.6 Å². The third kappa shape index (κ3) is 12.8. The van der Waals surface area contributed by atoms with Gasteiger partial charge in [-0.25, -0.2) is 0 Å². The van der Waals surface area contributed by atoms with Crippen LogP contribution in [0.3, 0.4) is 0 Å². The summed E-state index contributed by atoms with van der Waals surface area (Å²) in [6, 6.07) is 35.4. The number of halogens is 4. The van der Waals surface area contributed by atoms with Crippen molar-refractivity contribution in [2.75, 3.05) is 45.5 Å². The molecule has 14 heteroatoms. The van der Waals surface area contributed by atoms with Crippen molar-refractivity contribution in [1.82, 2.24) is 19.7 Å². The van der Waals surface area contributed by atoms with E-state index in [0.717, 1.165) is 66.1 Å². The molecule has 5 aromatic carbocycles. The molecule has 0 fully saturated rings. The smallest absolute Gasteiger partial charge is 0.416 e. The fourth-order valence-electron chi connectivity index (χ4n) is 7.69. The Balaban J connectivity index is 0.729. The van der Waals surface area contributed by atoms with Gasteiger partial charge in [-0.2, -0.15) is 18.3 Å². The van der Waals surface area contributed by atoms with Gasteiger partial charge < -0.3 is 24.3 Å². The minimum atomic E-state index is -4.43. The summed E-state index contributed by atoms with van der Waals surface area (Å²) in [7, 11) is 1.78. The van der Waals surface area contributed by atoms with Crippen molar-refractivity contribution in [3.63, 3.8) is 0 Å². The van der Waals surface area contributed by atoms with Crippen LogP contribution in [-0.2, 0) is 33.9 Å². The van der Waals surface area contributed by atoms with Crippen LogP contribution in [0.1, 0.15) is 65.1 Å². The Morgan fingerprint density at radius 1 is 0.738 bits per heavy atom. The Hall–Kier alpha value is -6.15. The number of Topliss-reactive ketones (excluding diaryl/α,β-unsaturated/α-hetero) is 1. The quantitative estimate of drug-likeness (QED) is 0.0475. The molecule has 65 heavy (non-hydrogen) atoms. The number of carbonyl (C=O) groups is 2. The SMILES string of the molecule is Cn1cc2c3cc(C(=O)NCCCCCCOCCOCCOc4ccc(Oc5ccc(C(CCc6ccccc6)C(=O)CCl)cc5)cc4)ccc3n(-c3ccc(C(F)(F)F)cc3)c2n1. The maximum atomic E-state index is 13.2. The molecule has 0 bridgehead atoms. The third-order valence-electron chi connectivity index (χ3n) is 11.1. The largest absolute Gasteiger partial charge is 0.491 e. The van der Waals surface area contributed by atoms with Crippen molar-refractivity contribution in [2.24, 2.45) is 7.05 Å². The first-order chi connectivity index (χ1) is 31.6. The van der Waals surface area contributed by atoms with Gasteiger partial charge in [0, 0.05) is 54.3 Å². The van der Waals surface area contributed by atoms with Crippen LogP contribution in [-0.4, -0.2) is 71.5 Å². The maximum Gasteiger partial charge on any atom is 0.416 e. The highest BCUT2D eigenvalue weighted by Crippen LogP contribution is 2.35. The summed E-state index contributed by atoms with van der Waals surface area (Å²) in [6.45, 7) is 2.94. The molecule has 2 aromatic heterocycles. The Morgan fingerprint density at radius 2 is 1.40 bits per heavy atom. The van der Waals surface area contributed by atoms with E-state index in [-0.39, 0.29) is 23.5 Å². The number of nitrogens with one attached hydrogen (secondary N) is 1. The highest BCUT2D eigenvalue weighted by Gasteiger charge is 2.30. The Kier molecular flexibility index (Phi) is 16.3. The maximum absolute atomic E-state index is 13.2. The average molecular weight is 909 g/mol. The number of ether oxygens (including phenoxy) is 4. The number of unbranched alkanes of at least 4 members (excludes halogenated alkanes) is 3. The number of hydrogen-bond acceptors (Lipinski definition) is 7. The number of rotatable bonds is 24. The van der Waals surface area contributed by atoms with Gasteiger partial charge in [0.05, 0.1) is 36.8 Å². The molecule has 0 aliphatic rings. The third-order valence-corrected chi connectivity index (χ3v) is 11.3. The molecule has 7 rings (SSSR count). The first kappa shape index (κ1) is 46.8. The minimum Gasteiger partial charge on any atom is -0.491 e. The second-order valence-corrected chi connectivity index (χ2v) is 16.0. The number of alkyl halides is 4. The molecule has 0 aliphatic heterocycles. The molecule has 1 amide bonds. The predicted octanol–water partition coefficient (Wildman–Crippen LogP) is 11.3. The van der Waals surface area contributed by atoms with Gasteiger partial charge in [0.1, 0.15) is 23.9 Å². The molecule has 1 unspecified atom stereocenters. The lowest BCUT2D eigenvalue weighted by Crippen LogP contribution is -2.24. The summed E-state index contributed by atoms with van der Waals surface area (Å²) in [5.74, 6) is 1.56. The Bertz CT molecular complexity index is 2610. The number of amides is 1. The number of ketones is 1. The van der Waals surface area contributed by atoms with Gasteiger partial charge >= 0.3 is 6.18 Å². The fraction of sp³-hybridized carbons (Fsp3) is 0.314. The summed E-state index contributed by atoms with van der Waals surface area (Å²) >= 11 is 5.95. The summed E-state index contributed by atoms with van der Waals surface area (Å²) in [5, 5.41) is 9.14. The summed E-state index contributed by atoms with van der Waals surface area (Å²) in [4.78, 5) is 25.7. The lowest BCUT2D eigenvalue weighted by Gasteiger charge is -2.16. The molecule has 0 radical (unpaired) electrons. The predicted molar refractivity (Wildman–Crippen MR) is 247 cm³/mol. The van der Waals surface area contributed by atoms with Crippen LogP contribution in [0.4, 0.5) is 13.2 Å². The van der Waals surface area contributed by atoms with Crippen LogP contribution in [0, 0.1) is 0 Å². The van der Waals surface area contributed by atoms with Gasteiger partial charge in [0.25, 0.3) is 5.91 Å². The van der Waals surface area contributed by atoms with E-state index in [9.17, 15) is 22.8 Å². The molecular weight excluding hydrogens is 857 g/mol. The molecule has 0 saturated carbocycles. The highest BCUT2D eigenvalue weighted by atomic mass is 35.5. The van der Waals surface area contributed by atoms with Crippen molar-refractivity contribution in [3.05, 3.63) is 150 Å². The van der Waals surface area contributed by atoms with Crippen molar-refractivity contribution in [1.29, 1.82) is 0 Å². The standard InChI is InChI=1S/C51H52ClF3N4O6/c1-58-35-46-45-33-38(14-26-47(45)59(49(46)57-58)40-17-15-39(16-18-40)51(53,54)55)50(61)56-27-7-2-3-8-28-62-29-30-63-31-32-64-41-21-23-43(24-22-41)65-42-19-12-37(13-20-42)44(48(60)34-52)25-11-36-9-5-4-6-10-36/h4-6,9-10,12-24,26,33,35,44H,2-3,7-8,11,25,27-32,34H2,1H3,(H,56,61). The van der Waals surface area contributed by atoms with Gasteiger partial charge in [0.2, 0.25) is 0 Å². The first-order valence-electron chi connectivity index (χ1n) is 21.8. The second-order valence-electron chi connectivity index (χ2n) is 15.7. The normalized spacial score (nSPS) is 12.1. The second kappa shape index (κ2) is 22.7. The van der Waals surface area contributed by atoms with Crippen LogP contribution in [0.2, 0.25) is 0 Å². The van der Waals surface area contributed by atoms with Crippen molar-refractivity contribution in [3.8, 4) is 22.9 Å². The van der Waals surface area contributed by atoms with Gasteiger partial charge in [0.15, 0.2) is 11.4 Å². The van der Waals surface area contributed by atoms with Crippen LogP contribution >= 0.6 is 11.6 Å². The first-order valence-corrected chi connectivity index (χ1v) is 22.3. The number of fused-ring (bicyclic) bond motifs is 3. The van der Waals surface area contributed by atoms with E-state index in [0.29, 0.717) is 80.1 Å². The number of aryl methyl sites for hydroxylation is 2. The van der Waals surface area contributed by atoms with Crippen LogP contribution < -0.4 is 14.8 Å². The Labute approximate surface area is 381 Å². The minimum absolute atomic E-state index is 0.00915. The van der Waals surface area contributed by atoms with Crippen LogP contribution in [0.25, 0.3) is 27.6 Å². The van der Waals surface area contributed by atoms with Crippen LogP contribution in [0.5, 0.6) is 17.2 Å². The van der Waals surface area contributed by atoms with E-state index in [1.54, 1.807) is 28.4 Å². The highest BCUT2D eigenvalue weighted by molar-refractivity contribution is 6.28. The van der Waals surface area contributed by atoms with Gasteiger partial charge in [-0.05, 0) is 116 Å². The van der Waals surface area contributed by atoms with Crippen molar-refractivity contribution in [2.45, 2.75) is 50.6 Å². The summed E-state index contributed by atoms with van der Waals surface area (Å²) in [6.07, 6.45) is 2.53. The number of benzene rings is 5. The van der Waals surface area contributed by atoms with E-state index >= 15 is 0 Å². The average Bonchev–Trinajstić information content (AvgIpc) is 3.84. The molecule has 10 nitrogen and oxygen atoms in total. The monoisotopic (exact) mass is 908 g/mol. The summed E-state index contributed by atoms with van der Waals surface area (Å²) < 4.78 is 66.2. The number of hydrogen-bond donors (Lipinski definition) is 1. The zero-order valence-corrected chi connectivity index (χ0v) is 37.0. The molecule has 1 atom stereocenters. The van der Waals surface area contributed by atoms with E-state index in [2.05, 4.69) is 22.5 Å². The van der Waals surface area contributed by atoms with Crippen LogP contribution in [0.15, 0.2) is 128 Å². The molecule has 2 heterocycles.